The minimum atomic E-state index is -0.0664. The van der Waals surface area contributed by atoms with E-state index in [1.807, 2.05) is 11.6 Å². The summed E-state index contributed by atoms with van der Waals surface area (Å²) < 4.78 is 1.95. The van der Waals surface area contributed by atoms with Gasteiger partial charge in [-0.3, -0.25) is 4.68 Å². The van der Waals surface area contributed by atoms with Gasteiger partial charge in [-0.1, -0.05) is 25.4 Å². The lowest BCUT2D eigenvalue weighted by Gasteiger charge is -2.29. The first-order valence-electron chi connectivity index (χ1n) is 6.36. The molecule has 0 saturated carbocycles. The van der Waals surface area contributed by atoms with E-state index in [4.69, 9.17) is 11.6 Å². The highest BCUT2D eigenvalue weighted by Gasteiger charge is 2.29. The maximum atomic E-state index is 9.63. The van der Waals surface area contributed by atoms with Crippen LogP contribution in [0.5, 0.6) is 0 Å². The van der Waals surface area contributed by atoms with Gasteiger partial charge in [0.1, 0.15) is 0 Å². The number of hydrogen-bond acceptors (Lipinski definition) is 2. The van der Waals surface area contributed by atoms with E-state index in [0.717, 1.165) is 42.2 Å². The highest BCUT2D eigenvalue weighted by Crippen LogP contribution is 2.33. The van der Waals surface area contributed by atoms with Gasteiger partial charge in [-0.05, 0) is 38.5 Å². The van der Waals surface area contributed by atoms with Crippen LogP contribution in [-0.4, -0.2) is 21.5 Å². The number of aliphatic hydroxyl groups is 1. The molecular weight excluding hydrogens is 236 g/mol. The first kappa shape index (κ1) is 14.5. The molecule has 0 aliphatic rings. The third-order valence-electron chi connectivity index (χ3n) is 3.83. The Labute approximate surface area is 109 Å². The molecule has 0 fully saturated rings. The summed E-state index contributed by atoms with van der Waals surface area (Å²) in [6.07, 6.45) is 2.69. The van der Waals surface area contributed by atoms with Crippen LogP contribution in [0.3, 0.4) is 0 Å². The maximum Gasteiger partial charge on any atom is 0.0847 e. The van der Waals surface area contributed by atoms with Crippen molar-refractivity contribution in [2.45, 2.75) is 53.5 Å². The van der Waals surface area contributed by atoms with Gasteiger partial charge >= 0.3 is 0 Å². The van der Waals surface area contributed by atoms with Crippen molar-refractivity contribution in [1.82, 2.24) is 9.78 Å². The predicted octanol–water partition coefficient (Wildman–Crippen LogP) is 3.21. The third-order valence-corrected chi connectivity index (χ3v) is 4.32. The summed E-state index contributed by atoms with van der Waals surface area (Å²) in [6, 6.07) is 0. The van der Waals surface area contributed by atoms with Gasteiger partial charge in [0.2, 0.25) is 0 Å². The smallest absolute Gasteiger partial charge is 0.0847 e. The van der Waals surface area contributed by atoms with Crippen molar-refractivity contribution < 1.29 is 5.11 Å². The summed E-state index contributed by atoms with van der Waals surface area (Å²) in [5.41, 5.74) is 1.87. The zero-order chi connectivity index (χ0) is 13.1. The second-order valence-electron chi connectivity index (χ2n) is 4.70. The first-order chi connectivity index (χ1) is 8.03. The van der Waals surface area contributed by atoms with Gasteiger partial charge in [-0.15, -0.1) is 0 Å². The molecule has 0 atom stereocenters. The number of rotatable bonds is 6. The number of nitrogens with zero attached hydrogens (tertiary/aromatic N) is 2. The molecule has 0 aliphatic heterocycles. The lowest BCUT2D eigenvalue weighted by molar-refractivity contribution is 0.112. The Balaban J connectivity index is 3.08. The number of hydrogen-bond donors (Lipinski definition) is 1. The Kier molecular flexibility index (Phi) is 5.02. The van der Waals surface area contributed by atoms with E-state index in [9.17, 15) is 5.11 Å². The molecule has 0 spiro atoms. The van der Waals surface area contributed by atoms with Crippen molar-refractivity contribution in [2.24, 2.45) is 5.41 Å². The number of aryl methyl sites for hydroxylation is 2. The van der Waals surface area contributed by atoms with Crippen LogP contribution < -0.4 is 0 Å². The zero-order valence-corrected chi connectivity index (χ0v) is 12.0. The van der Waals surface area contributed by atoms with Crippen molar-refractivity contribution in [2.75, 3.05) is 6.61 Å². The van der Waals surface area contributed by atoms with E-state index in [-0.39, 0.29) is 12.0 Å². The molecule has 0 aliphatic carbocycles. The van der Waals surface area contributed by atoms with E-state index in [0.29, 0.717) is 0 Å². The molecule has 98 valence electrons. The molecular formula is C13H23ClN2O. The third kappa shape index (κ3) is 2.83. The SMILES string of the molecule is CCn1nc(C)c(Cl)c1CC(CC)(CC)CO. The number of halogens is 1. The zero-order valence-electron chi connectivity index (χ0n) is 11.3. The Morgan fingerprint density at radius 1 is 1.29 bits per heavy atom. The molecule has 17 heavy (non-hydrogen) atoms. The average Bonchev–Trinajstić information content (AvgIpc) is 2.63. The minimum Gasteiger partial charge on any atom is -0.396 e. The van der Waals surface area contributed by atoms with Crippen LogP contribution in [0.1, 0.15) is 45.0 Å². The molecule has 0 saturated heterocycles. The molecule has 0 unspecified atom stereocenters. The molecule has 0 bridgehead atoms. The fourth-order valence-electron chi connectivity index (χ4n) is 2.17. The van der Waals surface area contributed by atoms with E-state index >= 15 is 0 Å². The van der Waals surface area contributed by atoms with Gasteiger partial charge in [0.15, 0.2) is 0 Å². The molecule has 1 rings (SSSR count). The molecule has 1 heterocycles. The topological polar surface area (TPSA) is 38.0 Å². The highest BCUT2D eigenvalue weighted by molar-refractivity contribution is 6.31. The van der Waals surface area contributed by atoms with E-state index in [2.05, 4.69) is 25.9 Å². The van der Waals surface area contributed by atoms with Crippen LogP contribution in [0.2, 0.25) is 5.02 Å². The van der Waals surface area contributed by atoms with Crippen molar-refractivity contribution in [3.05, 3.63) is 16.4 Å². The van der Waals surface area contributed by atoms with Crippen LogP contribution in [0.25, 0.3) is 0 Å². The van der Waals surface area contributed by atoms with Gasteiger partial charge in [0, 0.05) is 13.2 Å². The quantitative estimate of drug-likeness (QED) is 0.851. The average molecular weight is 259 g/mol. The van der Waals surface area contributed by atoms with Gasteiger partial charge in [0.05, 0.1) is 16.4 Å². The van der Waals surface area contributed by atoms with Crippen LogP contribution in [-0.2, 0) is 13.0 Å². The Morgan fingerprint density at radius 2 is 1.88 bits per heavy atom. The van der Waals surface area contributed by atoms with Crippen LogP contribution in [0.4, 0.5) is 0 Å². The number of aromatic nitrogens is 2. The van der Waals surface area contributed by atoms with Crippen LogP contribution in [0, 0.1) is 12.3 Å². The Bertz CT molecular complexity index is 361. The fourth-order valence-corrected chi connectivity index (χ4v) is 2.37. The van der Waals surface area contributed by atoms with Crippen LogP contribution in [0.15, 0.2) is 0 Å². The summed E-state index contributed by atoms with van der Waals surface area (Å²) in [5, 5.41) is 14.8. The second-order valence-corrected chi connectivity index (χ2v) is 5.08. The van der Waals surface area contributed by atoms with Crippen molar-refractivity contribution in [1.29, 1.82) is 0 Å². The van der Waals surface area contributed by atoms with Crippen LogP contribution >= 0.6 is 11.6 Å². The predicted molar refractivity (Wildman–Crippen MR) is 71.5 cm³/mol. The summed E-state index contributed by atoms with van der Waals surface area (Å²) in [6.45, 7) is 9.24. The molecule has 1 N–H and O–H groups in total. The van der Waals surface area contributed by atoms with Crippen molar-refractivity contribution in [3.63, 3.8) is 0 Å². The minimum absolute atomic E-state index is 0.0664. The molecule has 4 heteroatoms. The molecule has 1 aromatic heterocycles. The van der Waals surface area contributed by atoms with E-state index in [1.54, 1.807) is 0 Å². The lowest BCUT2D eigenvalue weighted by atomic mass is 9.79. The van der Waals surface area contributed by atoms with Gasteiger partial charge in [0.25, 0.3) is 0 Å². The normalized spacial score (nSPS) is 12.1. The number of aliphatic hydroxyl groups excluding tert-OH is 1. The Hall–Kier alpha value is -0.540. The van der Waals surface area contributed by atoms with Crippen molar-refractivity contribution >= 4 is 11.6 Å². The lowest BCUT2D eigenvalue weighted by Crippen LogP contribution is -2.28. The molecule has 0 radical (unpaired) electrons. The summed E-state index contributed by atoms with van der Waals surface area (Å²) in [7, 11) is 0. The van der Waals surface area contributed by atoms with E-state index in [1.165, 1.54) is 0 Å². The molecule has 0 amide bonds. The summed E-state index contributed by atoms with van der Waals surface area (Å²) in [4.78, 5) is 0. The van der Waals surface area contributed by atoms with Gasteiger partial charge in [-0.2, -0.15) is 5.10 Å². The standard InChI is InChI=1S/C13H23ClN2O/c1-5-13(6-2,9-17)8-11-12(14)10(4)15-16(11)7-3/h17H,5-9H2,1-4H3. The highest BCUT2D eigenvalue weighted by atomic mass is 35.5. The molecule has 0 aromatic carbocycles. The van der Waals surface area contributed by atoms with E-state index < -0.39 is 0 Å². The summed E-state index contributed by atoms with van der Waals surface area (Å²) in [5.74, 6) is 0. The second kappa shape index (κ2) is 5.87. The largest absolute Gasteiger partial charge is 0.396 e. The first-order valence-corrected chi connectivity index (χ1v) is 6.74. The van der Waals surface area contributed by atoms with Crippen molar-refractivity contribution in [3.8, 4) is 0 Å². The monoisotopic (exact) mass is 258 g/mol. The Morgan fingerprint density at radius 3 is 2.29 bits per heavy atom. The fraction of sp³-hybridized carbons (Fsp3) is 0.769. The van der Waals surface area contributed by atoms with Gasteiger partial charge < -0.3 is 5.11 Å². The maximum absolute atomic E-state index is 9.63. The molecule has 3 nitrogen and oxygen atoms in total. The summed E-state index contributed by atoms with van der Waals surface area (Å²) >= 11 is 6.30. The van der Waals surface area contributed by atoms with Gasteiger partial charge in [-0.25, -0.2) is 0 Å². The molecule has 1 aromatic rings.